The molecule has 0 bridgehead atoms. The van der Waals surface area contributed by atoms with Crippen LogP contribution in [0.25, 0.3) is 0 Å². The standard InChI is InChI=1S/C20H38O4/c1-2-3-4-8-11-16-14-15-17(20(24)19(16)23)12-9-6-5-7-10-13-18(21)22/h16-17,19-20,23-24H,2-15H2,1H3,(H,21,22). The quantitative estimate of drug-likeness (QED) is 0.430. The fourth-order valence-electron chi connectivity index (χ4n) is 4.00. The molecule has 4 nitrogen and oxygen atoms in total. The molecular weight excluding hydrogens is 304 g/mol. The molecule has 0 aliphatic heterocycles. The minimum atomic E-state index is -0.710. The van der Waals surface area contributed by atoms with E-state index in [-0.39, 0.29) is 18.3 Å². The molecule has 0 heterocycles. The monoisotopic (exact) mass is 342 g/mol. The van der Waals surface area contributed by atoms with E-state index in [4.69, 9.17) is 5.11 Å². The zero-order valence-corrected chi connectivity index (χ0v) is 15.5. The highest BCUT2D eigenvalue weighted by Crippen LogP contribution is 2.35. The van der Waals surface area contributed by atoms with Gasteiger partial charge in [-0.1, -0.05) is 58.3 Å². The summed E-state index contributed by atoms with van der Waals surface area (Å²) in [5.74, 6) is -0.186. The molecule has 0 spiro atoms. The number of carboxylic acid groups (broad SMARTS) is 1. The zero-order chi connectivity index (χ0) is 17.8. The van der Waals surface area contributed by atoms with Gasteiger partial charge in [0.1, 0.15) is 0 Å². The summed E-state index contributed by atoms with van der Waals surface area (Å²) in [6, 6.07) is 0. The summed E-state index contributed by atoms with van der Waals surface area (Å²) in [7, 11) is 0. The molecule has 3 N–H and O–H groups in total. The third-order valence-electron chi connectivity index (χ3n) is 5.62. The maximum Gasteiger partial charge on any atom is 0.303 e. The van der Waals surface area contributed by atoms with Crippen molar-refractivity contribution in [3.63, 3.8) is 0 Å². The lowest BCUT2D eigenvalue weighted by atomic mass is 9.74. The second-order valence-corrected chi connectivity index (χ2v) is 7.63. The van der Waals surface area contributed by atoms with Gasteiger partial charge < -0.3 is 15.3 Å². The lowest BCUT2D eigenvalue weighted by molar-refractivity contribution is -0.137. The van der Waals surface area contributed by atoms with Crippen molar-refractivity contribution in [1.82, 2.24) is 0 Å². The number of hydrogen-bond donors (Lipinski definition) is 3. The smallest absolute Gasteiger partial charge is 0.303 e. The molecule has 1 saturated carbocycles. The molecule has 1 aliphatic rings. The Morgan fingerprint density at radius 1 is 0.792 bits per heavy atom. The first-order valence-corrected chi connectivity index (χ1v) is 10.1. The van der Waals surface area contributed by atoms with Crippen molar-refractivity contribution >= 4 is 5.97 Å². The third kappa shape index (κ3) is 8.48. The summed E-state index contributed by atoms with van der Waals surface area (Å²) in [6.45, 7) is 2.20. The summed E-state index contributed by atoms with van der Waals surface area (Å²) in [6.07, 6.45) is 13.2. The van der Waals surface area contributed by atoms with E-state index < -0.39 is 18.2 Å². The van der Waals surface area contributed by atoms with Gasteiger partial charge in [-0.15, -0.1) is 0 Å². The van der Waals surface area contributed by atoms with Crippen LogP contribution in [0.2, 0.25) is 0 Å². The van der Waals surface area contributed by atoms with Gasteiger partial charge in [0, 0.05) is 6.42 Å². The van der Waals surface area contributed by atoms with Crippen LogP contribution in [-0.4, -0.2) is 33.5 Å². The van der Waals surface area contributed by atoms with Gasteiger partial charge in [0.2, 0.25) is 0 Å². The van der Waals surface area contributed by atoms with Gasteiger partial charge in [-0.25, -0.2) is 0 Å². The molecule has 0 radical (unpaired) electrons. The summed E-state index contributed by atoms with van der Waals surface area (Å²) >= 11 is 0. The number of unbranched alkanes of at least 4 members (excludes halogenated alkanes) is 7. The molecule has 142 valence electrons. The fraction of sp³-hybridized carbons (Fsp3) is 0.950. The highest BCUT2D eigenvalue weighted by Gasteiger charge is 2.36. The van der Waals surface area contributed by atoms with Crippen molar-refractivity contribution in [2.24, 2.45) is 11.8 Å². The molecule has 4 heteroatoms. The highest BCUT2D eigenvalue weighted by atomic mass is 16.4. The fourth-order valence-corrected chi connectivity index (χ4v) is 4.00. The maximum atomic E-state index is 10.4. The Hall–Kier alpha value is -0.610. The Kier molecular flexibility index (Phi) is 11.4. The van der Waals surface area contributed by atoms with Gasteiger partial charge >= 0.3 is 5.97 Å². The molecule has 0 aromatic carbocycles. The van der Waals surface area contributed by atoms with Crippen molar-refractivity contribution in [1.29, 1.82) is 0 Å². The number of hydrogen-bond acceptors (Lipinski definition) is 3. The zero-order valence-electron chi connectivity index (χ0n) is 15.5. The van der Waals surface area contributed by atoms with Crippen LogP contribution in [0.5, 0.6) is 0 Å². The molecule has 0 amide bonds. The maximum absolute atomic E-state index is 10.4. The molecule has 0 aromatic heterocycles. The van der Waals surface area contributed by atoms with E-state index in [0.717, 1.165) is 57.8 Å². The Labute approximate surface area is 147 Å². The molecule has 0 aromatic rings. The summed E-state index contributed by atoms with van der Waals surface area (Å²) in [5.41, 5.74) is 0. The van der Waals surface area contributed by atoms with Crippen molar-refractivity contribution in [2.75, 3.05) is 0 Å². The number of carboxylic acids is 1. The first-order valence-electron chi connectivity index (χ1n) is 10.1. The molecule has 24 heavy (non-hydrogen) atoms. The van der Waals surface area contributed by atoms with Gasteiger partial charge in [-0.3, -0.25) is 4.79 Å². The van der Waals surface area contributed by atoms with Crippen LogP contribution in [0.3, 0.4) is 0 Å². The summed E-state index contributed by atoms with van der Waals surface area (Å²) in [4.78, 5) is 10.4. The summed E-state index contributed by atoms with van der Waals surface area (Å²) < 4.78 is 0. The first kappa shape index (κ1) is 21.4. The minimum absolute atomic E-state index is 0.242. The van der Waals surface area contributed by atoms with E-state index >= 15 is 0 Å². The molecule has 1 aliphatic carbocycles. The van der Waals surface area contributed by atoms with Crippen LogP contribution in [0.4, 0.5) is 0 Å². The normalized spacial score (nSPS) is 27.3. The van der Waals surface area contributed by atoms with Crippen molar-refractivity contribution in [3.05, 3.63) is 0 Å². The number of carbonyl (C=O) groups is 1. The van der Waals surface area contributed by atoms with Crippen LogP contribution in [-0.2, 0) is 4.79 Å². The van der Waals surface area contributed by atoms with Gasteiger partial charge in [0.25, 0.3) is 0 Å². The van der Waals surface area contributed by atoms with Gasteiger partial charge in [-0.2, -0.15) is 0 Å². The van der Waals surface area contributed by atoms with E-state index in [1.165, 1.54) is 25.7 Å². The molecular formula is C20H38O4. The largest absolute Gasteiger partial charge is 0.481 e. The number of aliphatic carboxylic acids is 1. The lowest BCUT2D eigenvalue weighted by Gasteiger charge is -2.38. The number of aliphatic hydroxyl groups excluding tert-OH is 2. The highest BCUT2D eigenvalue weighted by molar-refractivity contribution is 5.66. The van der Waals surface area contributed by atoms with Gasteiger partial charge in [-0.05, 0) is 43.9 Å². The van der Waals surface area contributed by atoms with E-state index in [0.29, 0.717) is 0 Å². The van der Waals surface area contributed by atoms with E-state index in [1.807, 2.05) is 0 Å². The second kappa shape index (κ2) is 12.7. The van der Waals surface area contributed by atoms with E-state index in [9.17, 15) is 15.0 Å². The first-order chi connectivity index (χ1) is 11.6. The topological polar surface area (TPSA) is 77.8 Å². The Morgan fingerprint density at radius 2 is 1.25 bits per heavy atom. The van der Waals surface area contributed by atoms with Crippen molar-refractivity contribution < 1.29 is 20.1 Å². The average molecular weight is 343 g/mol. The van der Waals surface area contributed by atoms with E-state index in [1.54, 1.807) is 0 Å². The Morgan fingerprint density at radius 3 is 1.75 bits per heavy atom. The van der Waals surface area contributed by atoms with Gasteiger partial charge in [0.05, 0.1) is 12.2 Å². The van der Waals surface area contributed by atoms with Crippen LogP contribution in [0.1, 0.15) is 96.8 Å². The van der Waals surface area contributed by atoms with Crippen LogP contribution >= 0.6 is 0 Å². The van der Waals surface area contributed by atoms with Gasteiger partial charge in [0.15, 0.2) is 0 Å². The third-order valence-corrected chi connectivity index (χ3v) is 5.62. The van der Waals surface area contributed by atoms with Crippen LogP contribution < -0.4 is 0 Å². The number of rotatable bonds is 13. The molecule has 4 unspecified atom stereocenters. The average Bonchev–Trinajstić information content (AvgIpc) is 2.55. The van der Waals surface area contributed by atoms with Crippen molar-refractivity contribution in [2.45, 2.75) is 109 Å². The molecule has 0 saturated heterocycles. The van der Waals surface area contributed by atoms with Crippen LogP contribution in [0, 0.1) is 11.8 Å². The van der Waals surface area contributed by atoms with Crippen molar-refractivity contribution in [3.8, 4) is 0 Å². The summed E-state index contributed by atoms with van der Waals surface area (Å²) in [5, 5.41) is 29.4. The number of aliphatic hydroxyl groups is 2. The molecule has 4 atom stereocenters. The Bertz CT molecular complexity index is 332. The van der Waals surface area contributed by atoms with E-state index in [2.05, 4.69) is 6.92 Å². The molecule has 1 rings (SSSR count). The minimum Gasteiger partial charge on any atom is -0.481 e. The lowest BCUT2D eigenvalue weighted by Crippen LogP contribution is -2.43. The predicted octanol–water partition coefficient (Wildman–Crippen LogP) is 4.52. The van der Waals surface area contributed by atoms with Crippen LogP contribution in [0.15, 0.2) is 0 Å². The second-order valence-electron chi connectivity index (χ2n) is 7.63. The Balaban J connectivity index is 2.12. The predicted molar refractivity (Wildman–Crippen MR) is 96.9 cm³/mol. The SMILES string of the molecule is CCCCCCC1CCC(CCCCCCCC(=O)O)C(O)C1O. The molecule has 1 fully saturated rings.